The van der Waals surface area contributed by atoms with E-state index < -0.39 is 11.9 Å². The van der Waals surface area contributed by atoms with Crippen LogP contribution in [0.3, 0.4) is 0 Å². The van der Waals surface area contributed by atoms with Crippen molar-refractivity contribution in [2.75, 3.05) is 13.6 Å². The monoisotopic (exact) mass is 225 g/mol. The lowest BCUT2D eigenvalue weighted by Crippen LogP contribution is -2.31. The number of carboxylic acid groups (broad SMARTS) is 1. The Morgan fingerprint density at radius 1 is 1.31 bits per heavy atom. The molecule has 4 heteroatoms. The zero-order valence-electron chi connectivity index (χ0n) is 10.1. The van der Waals surface area contributed by atoms with Gasteiger partial charge < -0.3 is 10.0 Å². The standard InChI is InChI=1S/C12H19NO3/c1-12(2)8(9(12)11(15)16)10(14)13(3)6-7-4-5-7/h7-9H,4-6H2,1-3H3,(H,15,16). The van der Waals surface area contributed by atoms with Crippen molar-refractivity contribution in [3.8, 4) is 0 Å². The first kappa shape index (κ1) is 11.4. The third-order valence-corrected chi connectivity index (χ3v) is 3.96. The molecule has 4 nitrogen and oxygen atoms in total. The molecule has 2 aliphatic carbocycles. The second kappa shape index (κ2) is 3.47. The summed E-state index contributed by atoms with van der Waals surface area (Å²) in [5.74, 6) is -1.01. The van der Waals surface area contributed by atoms with E-state index in [0.29, 0.717) is 5.92 Å². The number of amides is 1. The topological polar surface area (TPSA) is 57.6 Å². The Balaban J connectivity index is 1.97. The van der Waals surface area contributed by atoms with E-state index in [4.69, 9.17) is 5.11 Å². The Kier molecular flexibility index (Phi) is 2.48. The van der Waals surface area contributed by atoms with E-state index in [9.17, 15) is 9.59 Å². The van der Waals surface area contributed by atoms with Crippen molar-refractivity contribution < 1.29 is 14.7 Å². The van der Waals surface area contributed by atoms with Gasteiger partial charge in [0.25, 0.3) is 0 Å². The van der Waals surface area contributed by atoms with Gasteiger partial charge in [-0.15, -0.1) is 0 Å². The van der Waals surface area contributed by atoms with Crippen LogP contribution in [0, 0.1) is 23.2 Å². The lowest BCUT2D eigenvalue weighted by Gasteiger charge is -2.17. The van der Waals surface area contributed by atoms with Crippen LogP contribution in [0.1, 0.15) is 26.7 Å². The number of aliphatic carboxylic acids is 1. The highest BCUT2D eigenvalue weighted by Crippen LogP contribution is 2.59. The molecule has 1 amide bonds. The van der Waals surface area contributed by atoms with Gasteiger partial charge in [0.1, 0.15) is 0 Å². The van der Waals surface area contributed by atoms with E-state index in [1.165, 1.54) is 12.8 Å². The summed E-state index contributed by atoms with van der Waals surface area (Å²) in [7, 11) is 1.79. The van der Waals surface area contributed by atoms with Gasteiger partial charge in [0, 0.05) is 13.6 Å². The van der Waals surface area contributed by atoms with Crippen molar-refractivity contribution >= 4 is 11.9 Å². The fourth-order valence-electron chi connectivity index (χ4n) is 2.57. The van der Waals surface area contributed by atoms with Crippen LogP contribution in [0.4, 0.5) is 0 Å². The normalized spacial score (nSPS) is 30.9. The van der Waals surface area contributed by atoms with Crippen LogP contribution in [0.5, 0.6) is 0 Å². The summed E-state index contributed by atoms with van der Waals surface area (Å²) < 4.78 is 0. The van der Waals surface area contributed by atoms with E-state index in [2.05, 4.69) is 0 Å². The van der Waals surface area contributed by atoms with Crippen LogP contribution in [0.15, 0.2) is 0 Å². The maximum absolute atomic E-state index is 12.1. The molecule has 16 heavy (non-hydrogen) atoms. The van der Waals surface area contributed by atoms with Gasteiger partial charge in [0.05, 0.1) is 11.8 Å². The minimum Gasteiger partial charge on any atom is -0.481 e. The molecular formula is C12H19NO3. The van der Waals surface area contributed by atoms with Crippen molar-refractivity contribution in [1.29, 1.82) is 0 Å². The molecule has 0 aliphatic heterocycles. The third kappa shape index (κ3) is 1.81. The highest BCUT2D eigenvalue weighted by atomic mass is 16.4. The summed E-state index contributed by atoms with van der Waals surface area (Å²) in [6.07, 6.45) is 2.40. The van der Waals surface area contributed by atoms with Crippen molar-refractivity contribution in [2.45, 2.75) is 26.7 Å². The van der Waals surface area contributed by atoms with Gasteiger partial charge >= 0.3 is 5.97 Å². The molecule has 0 saturated heterocycles. The highest BCUT2D eigenvalue weighted by Gasteiger charge is 2.66. The molecule has 0 aromatic rings. The highest BCUT2D eigenvalue weighted by molar-refractivity contribution is 5.91. The maximum atomic E-state index is 12.1. The van der Waals surface area contributed by atoms with E-state index in [1.54, 1.807) is 11.9 Å². The van der Waals surface area contributed by atoms with Crippen molar-refractivity contribution in [1.82, 2.24) is 4.90 Å². The Morgan fingerprint density at radius 3 is 2.25 bits per heavy atom. The van der Waals surface area contributed by atoms with Crippen LogP contribution < -0.4 is 0 Å². The molecule has 2 unspecified atom stereocenters. The lowest BCUT2D eigenvalue weighted by molar-refractivity contribution is -0.141. The summed E-state index contributed by atoms with van der Waals surface area (Å²) in [6.45, 7) is 4.51. The molecule has 90 valence electrons. The largest absolute Gasteiger partial charge is 0.481 e. The molecule has 1 N–H and O–H groups in total. The van der Waals surface area contributed by atoms with Gasteiger partial charge in [-0.3, -0.25) is 9.59 Å². The van der Waals surface area contributed by atoms with Gasteiger partial charge in [-0.1, -0.05) is 13.8 Å². The molecule has 0 spiro atoms. The average molecular weight is 225 g/mol. The summed E-state index contributed by atoms with van der Waals surface area (Å²) in [5.41, 5.74) is -0.374. The van der Waals surface area contributed by atoms with Crippen molar-refractivity contribution in [3.05, 3.63) is 0 Å². The molecule has 2 aliphatic rings. The second-order valence-corrected chi connectivity index (χ2v) is 5.78. The Morgan fingerprint density at radius 2 is 1.88 bits per heavy atom. The summed E-state index contributed by atoms with van der Waals surface area (Å²) in [5, 5.41) is 9.01. The van der Waals surface area contributed by atoms with Crippen LogP contribution >= 0.6 is 0 Å². The minimum atomic E-state index is -0.844. The molecule has 2 rings (SSSR count). The fraction of sp³-hybridized carbons (Fsp3) is 0.833. The minimum absolute atomic E-state index is 0.00398. The second-order valence-electron chi connectivity index (χ2n) is 5.78. The van der Waals surface area contributed by atoms with Gasteiger partial charge in [0.15, 0.2) is 0 Å². The summed E-state index contributed by atoms with van der Waals surface area (Å²) in [6, 6.07) is 0. The van der Waals surface area contributed by atoms with Crippen LogP contribution in [0.25, 0.3) is 0 Å². The number of carbonyl (C=O) groups excluding carboxylic acids is 1. The number of hydrogen-bond donors (Lipinski definition) is 1. The van der Waals surface area contributed by atoms with E-state index in [-0.39, 0.29) is 17.2 Å². The quantitative estimate of drug-likeness (QED) is 0.782. The Bertz CT molecular complexity index is 333. The number of carboxylic acids is 1. The average Bonchev–Trinajstić information content (AvgIpc) is 3.02. The lowest BCUT2D eigenvalue weighted by atomic mass is 10.1. The van der Waals surface area contributed by atoms with Gasteiger partial charge in [0.2, 0.25) is 5.91 Å². The van der Waals surface area contributed by atoms with Crippen LogP contribution in [-0.2, 0) is 9.59 Å². The predicted molar refractivity (Wildman–Crippen MR) is 58.8 cm³/mol. The van der Waals surface area contributed by atoms with Gasteiger partial charge in [-0.2, -0.15) is 0 Å². The van der Waals surface area contributed by atoms with E-state index in [1.807, 2.05) is 13.8 Å². The molecule has 0 aromatic heterocycles. The first-order valence-corrected chi connectivity index (χ1v) is 5.83. The van der Waals surface area contributed by atoms with Crippen molar-refractivity contribution in [2.24, 2.45) is 23.2 Å². The maximum Gasteiger partial charge on any atom is 0.307 e. The van der Waals surface area contributed by atoms with Crippen molar-refractivity contribution in [3.63, 3.8) is 0 Å². The van der Waals surface area contributed by atoms with Gasteiger partial charge in [-0.25, -0.2) is 0 Å². The molecular weight excluding hydrogens is 206 g/mol. The predicted octanol–water partition coefficient (Wildman–Crippen LogP) is 1.21. The summed E-state index contributed by atoms with van der Waals surface area (Å²) >= 11 is 0. The number of nitrogens with zero attached hydrogens (tertiary/aromatic N) is 1. The Labute approximate surface area is 95.6 Å². The molecule has 0 radical (unpaired) electrons. The number of rotatable bonds is 4. The molecule has 0 heterocycles. The SMILES string of the molecule is CN(CC1CC1)C(=O)C1C(C(=O)O)C1(C)C. The first-order chi connectivity index (χ1) is 7.35. The number of carbonyl (C=O) groups is 2. The molecule has 2 fully saturated rings. The Hall–Kier alpha value is -1.06. The first-order valence-electron chi connectivity index (χ1n) is 5.83. The van der Waals surface area contributed by atoms with E-state index >= 15 is 0 Å². The summed E-state index contributed by atoms with van der Waals surface area (Å²) in [4.78, 5) is 24.8. The van der Waals surface area contributed by atoms with Crippen LogP contribution in [-0.4, -0.2) is 35.5 Å². The number of hydrogen-bond acceptors (Lipinski definition) is 2. The molecule has 2 saturated carbocycles. The fourth-order valence-corrected chi connectivity index (χ4v) is 2.57. The molecule has 2 atom stereocenters. The zero-order chi connectivity index (χ0) is 12.1. The smallest absolute Gasteiger partial charge is 0.307 e. The van der Waals surface area contributed by atoms with Crippen LogP contribution in [0.2, 0.25) is 0 Å². The zero-order valence-corrected chi connectivity index (χ0v) is 10.1. The molecule has 0 aromatic carbocycles. The van der Waals surface area contributed by atoms with Gasteiger partial charge in [-0.05, 0) is 24.2 Å². The third-order valence-electron chi connectivity index (χ3n) is 3.96. The van der Waals surface area contributed by atoms with E-state index in [0.717, 1.165) is 6.54 Å². The molecule has 0 bridgehead atoms.